The van der Waals surface area contributed by atoms with Gasteiger partial charge in [-0.1, -0.05) is 19.9 Å². The van der Waals surface area contributed by atoms with Gasteiger partial charge in [0.15, 0.2) is 0 Å². The fourth-order valence-electron chi connectivity index (χ4n) is 3.48. The molecule has 1 aromatic heterocycles. The van der Waals surface area contributed by atoms with Gasteiger partial charge in [0, 0.05) is 24.5 Å². The monoisotopic (exact) mass is 426 g/mol. The third kappa shape index (κ3) is 4.01. The normalized spacial score (nSPS) is 18.1. The Labute approximate surface area is 170 Å². The molecule has 0 radical (unpaired) electrons. The van der Waals surface area contributed by atoms with Crippen molar-refractivity contribution < 1.29 is 22.7 Å². The molecule has 0 bridgehead atoms. The molecular weight excluding hydrogens is 400 g/mol. The minimum Gasteiger partial charge on any atom is -0.465 e. The summed E-state index contributed by atoms with van der Waals surface area (Å²) in [5, 5.41) is 0. The van der Waals surface area contributed by atoms with Crippen molar-refractivity contribution in [1.82, 2.24) is 9.21 Å². The maximum absolute atomic E-state index is 13.1. The summed E-state index contributed by atoms with van der Waals surface area (Å²) in [7, 11) is -2.49. The first-order valence-electron chi connectivity index (χ1n) is 9.45. The van der Waals surface area contributed by atoms with E-state index in [1.165, 1.54) is 11.4 Å². The Morgan fingerprint density at radius 2 is 1.86 bits per heavy atom. The van der Waals surface area contributed by atoms with Gasteiger partial charge in [0.1, 0.15) is 4.21 Å². The maximum atomic E-state index is 13.1. The number of methoxy groups -OCH3 is 1. The van der Waals surface area contributed by atoms with E-state index in [-0.39, 0.29) is 21.6 Å². The highest BCUT2D eigenvalue weighted by Crippen LogP contribution is 2.38. The molecule has 2 aliphatic rings. The molecule has 1 aromatic rings. The third-order valence-corrected chi connectivity index (χ3v) is 8.60. The lowest BCUT2D eigenvalue weighted by Gasteiger charge is -2.26. The van der Waals surface area contributed by atoms with Crippen molar-refractivity contribution in [2.75, 3.05) is 26.7 Å². The molecule has 28 heavy (non-hydrogen) atoms. The maximum Gasteiger partial charge on any atom is 0.340 e. The highest BCUT2D eigenvalue weighted by Gasteiger charge is 2.38. The third-order valence-electron chi connectivity index (χ3n) is 4.99. The number of ether oxygens (including phenoxy) is 1. The van der Waals surface area contributed by atoms with E-state index in [1.807, 2.05) is 19.9 Å². The number of allylic oxidation sites excluding steroid dienone is 1. The molecule has 1 amide bonds. The molecule has 0 unspecified atom stereocenters. The van der Waals surface area contributed by atoms with Crippen molar-refractivity contribution in [1.29, 1.82) is 0 Å². The van der Waals surface area contributed by atoms with Crippen LogP contribution in [0.1, 0.15) is 47.5 Å². The molecule has 7 nitrogen and oxygen atoms in total. The molecule has 0 aromatic carbocycles. The topological polar surface area (TPSA) is 84.0 Å². The van der Waals surface area contributed by atoms with Crippen LogP contribution in [-0.2, 0) is 32.5 Å². The summed E-state index contributed by atoms with van der Waals surface area (Å²) in [6.07, 6.45) is 5.49. The van der Waals surface area contributed by atoms with Gasteiger partial charge in [-0.3, -0.25) is 4.79 Å². The van der Waals surface area contributed by atoms with Crippen LogP contribution in [-0.4, -0.2) is 56.2 Å². The van der Waals surface area contributed by atoms with Crippen molar-refractivity contribution in [3.8, 4) is 0 Å². The van der Waals surface area contributed by atoms with Crippen LogP contribution in [0, 0.1) is 5.92 Å². The Bertz CT molecular complexity index is 896. The summed E-state index contributed by atoms with van der Waals surface area (Å²) in [5.41, 5.74) is 0.853. The summed E-state index contributed by atoms with van der Waals surface area (Å²) >= 11 is 1.10. The van der Waals surface area contributed by atoms with Crippen molar-refractivity contribution in [2.24, 2.45) is 5.92 Å². The Morgan fingerprint density at radius 3 is 2.46 bits per heavy atom. The predicted octanol–water partition coefficient (Wildman–Crippen LogP) is 2.42. The highest BCUT2D eigenvalue weighted by molar-refractivity contribution is 7.91. The zero-order valence-electron chi connectivity index (χ0n) is 16.4. The number of thiophene rings is 1. The summed E-state index contributed by atoms with van der Waals surface area (Å²) in [5.74, 6) is -0.458. The van der Waals surface area contributed by atoms with E-state index in [2.05, 4.69) is 0 Å². The number of hydrogen-bond acceptors (Lipinski definition) is 6. The Hall–Kier alpha value is -1.71. The number of hydrogen-bond donors (Lipinski definition) is 0. The fraction of sp³-hybridized carbons (Fsp3) is 0.579. The molecule has 0 N–H and O–H groups in total. The van der Waals surface area contributed by atoms with E-state index in [4.69, 9.17) is 4.74 Å². The van der Waals surface area contributed by atoms with Gasteiger partial charge < -0.3 is 9.64 Å². The predicted molar refractivity (Wildman–Crippen MR) is 107 cm³/mol. The SMILES string of the molecule is COC(=O)c1c(S(=O)(=O)N2CCCC2)sc2c1CCN(C(=O)C=CC(C)C)C2. The van der Waals surface area contributed by atoms with Gasteiger partial charge in [0.05, 0.1) is 19.2 Å². The molecule has 1 fully saturated rings. The van der Waals surface area contributed by atoms with Gasteiger partial charge >= 0.3 is 5.97 Å². The van der Waals surface area contributed by atoms with E-state index in [0.717, 1.165) is 29.1 Å². The van der Waals surface area contributed by atoms with E-state index in [9.17, 15) is 18.0 Å². The van der Waals surface area contributed by atoms with Gasteiger partial charge in [0.25, 0.3) is 10.0 Å². The van der Waals surface area contributed by atoms with Crippen molar-refractivity contribution in [3.63, 3.8) is 0 Å². The quantitative estimate of drug-likeness (QED) is 0.533. The van der Waals surface area contributed by atoms with Gasteiger partial charge in [0.2, 0.25) is 5.91 Å². The number of sulfonamides is 1. The molecule has 9 heteroatoms. The molecule has 0 saturated carbocycles. The molecule has 154 valence electrons. The zero-order valence-corrected chi connectivity index (χ0v) is 18.1. The fourth-order valence-corrected chi connectivity index (χ4v) is 7.04. The largest absolute Gasteiger partial charge is 0.465 e. The lowest BCUT2D eigenvalue weighted by Crippen LogP contribution is -2.34. The zero-order chi connectivity index (χ0) is 20.5. The molecular formula is C19H26N2O5S2. The smallest absolute Gasteiger partial charge is 0.340 e. The average Bonchev–Trinajstić information content (AvgIpc) is 3.33. The minimum atomic E-state index is -3.74. The van der Waals surface area contributed by atoms with Crippen molar-refractivity contribution >= 4 is 33.2 Å². The lowest BCUT2D eigenvalue weighted by molar-refractivity contribution is -0.126. The first-order chi connectivity index (χ1) is 13.3. The first kappa shape index (κ1) is 21.0. The molecule has 0 spiro atoms. The van der Waals surface area contributed by atoms with Crippen LogP contribution in [0.25, 0.3) is 0 Å². The van der Waals surface area contributed by atoms with E-state index in [0.29, 0.717) is 38.2 Å². The Morgan fingerprint density at radius 1 is 1.18 bits per heavy atom. The number of esters is 1. The standard InChI is InChI=1S/C19H26N2O5S2/c1-13(2)6-7-16(22)20-11-8-14-15(12-20)27-19(17(14)18(23)26-3)28(24,25)21-9-4-5-10-21/h6-7,13H,4-5,8-12H2,1-3H3. The number of carbonyl (C=O) groups is 2. The van der Waals surface area contributed by atoms with Crippen molar-refractivity contribution in [3.05, 3.63) is 28.2 Å². The molecule has 2 aliphatic heterocycles. The van der Waals surface area contributed by atoms with E-state index >= 15 is 0 Å². The molecule has 0 aliphatic carbocycles. The second-order valence-electron chi connectivity index (χ2n) is 7.38. The summed E-state index contributed by atoms with van der Waals surface area (Å²) in [6.45, 7) is 5.68. The minimum absolute atomic E-state index is 0.0540. The number of rotatable bonds is 5. The van der Waals surface area contributed by atoms with Crippen LogP contribution in [0.5, 0.6) is 0 Å². The van der Waals surface area contributed by atoms with Gasteiger partial charge in [-0.2, -0.15) is 4.31 Å². The summed E-state index contributed by atoms with van der Waals surface area (Å²) in [4.78, 5) is 27.3. The van der Waals surface area contributed by atoms with Crippen LogP contribution < -0.4 is 0 Å². The number of nitrogens with zero attached hydrogens (tertiary/aromatic N) is 2. The Balaban J connectivity index is 1.97. The van der Waals surface area contributed by atoms with E-state index in [1.54, 1.807) is 11.0 Å². The first-order valence-corrected chi connectivity index (χ1v) is 11.7. The molecule has 3 heterocycles. The van der Waals surface area contributed by atoms with Gasteiger partial charge in [-0.25, -0.2) is 13.2 Å². The number of carbonyl (C=O) groups excluding carboxylic acids is 2. The van der Waals surface area contributed by atoms with Gasteiger partial charge in [-0.05, 0) is 36.8 Å². The summed E-state index contributed by atoms with van der Waals surface area (Å²) in [6, 6.07) is 0. The highest BCUT2D eigenvalue weighted by atomic mass is 32.2. The second kappa shape index (κ2) is 8.34. The second-order valence-corrected chi connectivity index (χ2v) is 10.6. The molecule has 1 saturated heterocycles. The van der Waals surface area contributed by atoms with Crippen LogP contribution in [0.3, 0.4) is 0 Å². The van der Waals surface area contributed by atoms with Gasteiger partial charge in [-0.15, -0.1) is 11.3 Å². The lowest BCUT2D eigenvalue weighted by atomic mass is 10.0. The van der Waals surface area contributed by atoms with Crippen LogP contribution >= 0.6 is 11.3 Å². The molecule has 0 atom stereocenters. The Kier molecular flexibility index (Phi) is 6.26. The van der Waals surface area contributed by atoms with Crippen LogP contribution in [0.2, 0.25) is 0 Å². The number of fused-ring (bicyclic) bond motifs is 1. The van der Waals surface area contributed by atoms with Crippen LogP contribution in [0.15, 0.2) is 16.4 Å². The van der Waals surface area contributed by atoms with Crippen molar-refractivity contribution in [2.45, 2.75) is 43.9 Å². The summed E-state index contributed by atoms with van der Waals surface area (Å²) < 4.78 is 32.6. The van der Waals surface area contributed by atoms with Crippen LogP contribution in [0.4, 0.5) is 0 Å². The number of amides is 1. The van der Waals surface area contributed by atoms with E-state index < -0.39 is 16.0 Å². The average molecular weight is 427 g/mol. The molecule has 3 rings (SSSR count).